The van der Waals surface area contributed by atoms with Crippen LogP contribution in [0.15, 0.2) is 117 Å². The summed E-state index contributed by atoms with van der Waals surface area (Å²) >= 11 is 0. The maximum Gasteiger partial charge on any atom is 0.307 e. The zero-order valence-corrected chi connectivity index (χ0v) is 41.3. The number of carboxylic acids is 1. The van der Waals surface area contributed by atoms with E-state index in [4.69, 9.17) is 0 Å². The van der Waals surface area contributed by atoms with E-state index < -0.39 is 37.0 Å². The van der Waals surface area contributed by atoms with Gasteiger partial charge in [0, 0.05) is 58.9 Å². The summed E-state index contributed by atoms with van der Waals surface area (Å²) in [5.74, 6) is -0.903. The van der Waals surface area contributed by atoms with E-state index in [1.807, 2.05) is 24.3 Å². The van der Waals surface area contributed by atoms with Crippen LogP contribution in [0, 0.1) is 0 Å². The summed E-state index contributed by atoms with van der Waals surface area (Å²) in [5.41, 5.74) is 8.77. The van der Waals surface area contributed by atoms with Crippen LogP contribution >= 0.6 is 0 Å². The number of nitrogens with one attached hydrogen (secondary N) is 1. The summed E-state index contributed by atoms with van der Waals surface area (Å²) in [5, 5.41) is 13.1. The van der Waals surface area contributed by atoms with Crippen molar-refractivity contribution < 1.29 is 49.4 Å². The fraction of sp³-hybridized carbons (Fsp3) is 0.440. The number of aliphatic carboxylic acids is 1. The van der Waals surface area contributed by atoms with Crippen LogP contribution < -0.4 is 10.2 Å². The molecule has 4 N–H and O–H groups in total. The van der Waals surface area contributed by atoms with Crippen molar-refractivity contribution in [1.29, 1.82) is 0 Å². The van der Waals surface area contributed by atoms with Gasteiger partial charge in [-0.15, -0.1) is 0 Å². The zero-order chi connectivity index (χ0) is 47.9. The van der Waals surface area contributed by atoms with Crippen LogP contribution in [-0.4, -0.2) is 125 Å². The molecule has 3 aromatic rings. The van der Waals surface area contributed by atoms with Gasteiger partial charge in [-0.2, -0.15) is 21.4 Å². The van der Waals surface area contributed by atoms with E-state index in [0.717, 1.165) is 111 Å². The molecule has 0 saturated heterocycles. The summed E-state index contributed by atoms with van der Waals surface area (Å²) in [6, 6.07) is 17.1. The maximum atomic E-state index is 12.3. The number of quaternary nitrogens is 2. The molecule has 0 atom stereocenters. The molecule has 1 aliphatic carbocycles. The Kier molecular flexibility index (Phi) is 14.0. The SMILES string of the molecule is CC1(C)C(/C=C/C2=C(Nc3ccc(CC(=O)O)cc3)C(=C/C=C3/N(CCC[N+](C)(C)C)c4ccc(S(=O)(=O)O)cc4C3(C)C)/CCC2)=[N+](CCC[N+](C)(C)C)c2ccc(S(=O)(=O)O)cc21. The summed E-state index contributed by atoms with van der Waals surface area (Å²) in [6.45, 7) is 11.6. The van der Waals surface area contributed by atoms with E-state index >= 15 is 0 Å². The second-order valence-electron chi connectivity index (χ2n) is 20.7. The van der Waals surface area contributed by atoms with Gasteiger partial charge in [0.05, 0.1) is 83.4 Å². The van der Waals surface area contributed by atoms with Crippen LogP contribution in [-0.2, 0) is 42.3 Å². The first-order valence-corrected chi connectivity index (χ1v) is 25.1. The molecule has 0 bridgehead atoms. The summed E-state index contributed by atoms with van der Waals surface area (Å²) in [7, 11) is 4.10. The lowest BCUT2D eigenvalue weighted by Crippen LogP contribution is -2.37. The molecular weight excluding hydrogens is 863 g/mol. The highest BCUT2D eigenvalue weighted by Crippen LogP contribution is 2.49. The number of nitrogens with zero attached hydrogens (tertiary/aromatic N) is 4. The van der Waals surface area contributed by atoms with Crippen LogP contribution in [0.1, 0.15) is 76.5 Å². The quantitative estimate of drug-likeness (QED) is 0.0591. The van der Waals surface area contributed by atoms with Crippen LogP contribution in [0.5, 0.6) is 0 Å². The van der Waals surface area contributed by atoms with E-state index in [0.29, 0.717) is 18.7 Å². The van der Waals surface area contributed by atoms with Gasteiger partial charge in [0.1, 0.15) is 0 Å². The molecule has 0 aromatic heterocycles. The average Bonchev–Trinajstić information content (AvgIpc) is 3.53. The Morgan fingerprint density at radius 3 is 1.97 bits per heavy atom. The lowest BCUT2D eigenvalue weighted by atomic mass is 9.81. The second-order valence-corrected chi connectivity index (χ2v) is 23.5. The number of rotatable bonds is 17. The normalized spacial score (nSPS) is 18.9. The third-order valence-corrected chi connectivity index (χ3v) is 14.4. The molecule has 13 nitrogen and oxygen atoms in total. The summed E-state index contributed by atoms with van der Waals surface area (Å²) in [6.07, 6.45) is 12.7. The molecule has 3 aromatic carbocycles. The number of anilines is 2. The Morgan fingerprint density at radius 2 is 1.37 bits per heavy atom. The predicted molar refractivity (Wildman–Crippen MR) is 258 cm³/mol. The molecule has 15 heteroatoms. The number of hydrogen-bond acceptors (Lipinski definition) is 7. The molecule has 0 fully saturated rings. The van der Waals surface area contributed by atoms with Gasteiger partial charge in [-0.25, -0.2) is 0 Å². The van der Waals surface area contributed by atoms with Gasteiger partial charge in [0.2, 0.25) is 5.69 Å². The van der Waals surface area contributed by atoms with E-state index in [1.54, 1.807) is 24.3 Å². The van der Waals surface area contributed by atoms with E-state index in [1.165, 1.54) is 12.1 Å². The Morgan fingerprint density at radius 1 is 0.769 bits per heavy atom. The van der Waals surface area contributed by atoms with Crippen LogP contribution in [0.3, 0.4) is 0 Å². The molecule has 2 heterocycles. The highest BCUT2D eigenvalue weighted by Gasteiger charge is 2.45. The second kappa shape index (κ2) is 18.4. The van der Waals surface area contributed by atoms with Gasteiger partial charge in [-0.1, -0.05) is 38.1 Å². The van der Waals surface area contributed by atoms with Gasteiger partial charge in [-0.05, 0) is 104 Å². The molecule has 65 heavy (non-hydrogen) atoms. The molecule has 6 rings (SSSR count). The summed E-state index contributed by atoms with van der Waals surface area (Å²) < 4.78 is 73.2. The largest absolute Gasteiger partial charge is 0.481 e. The van der Waals surface area contributed by atoms with Crippen molar-refractivity contribution in [2.24, 2.45) is 0 Å². The fourth-order valence-electron chi connectivity index (χ4n) is 9.32. The van der Waals surface area contributed by atoms with Crippen LogP contribution in [0.2, 0.25) is 0 Å². The van der Waals surface area contributed by atoms with Crippen molar-refractivity contribution in [2.75, 3.05) is 78.7 Å². The first-order valence-electron chi connectivity index (χ1n) is 22.2. The van der Waals surface area contributed by atoms with Crippen LogP contribution in [0.25, 0.3) is 0 Å². The molecule has 0 unspecified atom stereocenters. The standard InChI is InChI=1S/C50H65N5O8S2/c1-49(2)41-33-39(64(58,59)60)22-24-43(41)52(28-12-30-54(5,6)7)45(49)26-18-36-14-11-15-37(48(36)51-38-20-16-35(17-21-38)32-47(56)57)19-27-46-50(3,4)42-34-40(65(61,62)63)23-25-44(42)53(46)29-13-31-55(8,9)10/h16-27,33-34H,11-15,28-32H2,1-10H3,(H-2,56,57,58,59,60,61,62,63)/p+3/b36-18+,45-26+. The smallest absolute Gasteiger partial charge is 0.307 e. The van der Waals surface area contributed by atoms with E-state index in [-0.39, 0.29) is 16.2 Å². The van der Waals surface area contributed by atoms with Gasteiger partial charge < -0.3 is 24.3 Å². The lowest BCUT2D eigenvalue weighted by molar-refractivity contribution is -0.871. The molecular formula is C50H68N5O8S2+3. The molecule has 0 radical (unpaired) electrons. The van der Waals surface area contributed by atoms with Crippen molar-refractivity contribution in [3.8, 4) is 0 Å². The monoisotopic (exact) mass is 930 g/mol. The Bertz CT molecular complexity index is 2730. The minimum atomic E-state index is -4.43. The number of carboxylic acid groups (broad SMARTS) is 1. The zero-order valence-electron chi connectivity index (χ0n) is 39.6. The number of allylic oxidation sites excluding steroid dienone is 7. The molecule has 0 spiro atoms. The molecule has 0 amide bonds. The first kappa shape index (κ1) is 49.5. The Hall–Kier alpha value is -4.90. The highest BCUT2D eigenvalue weighted by atomic mass is 32.2. The average molecular weight is 931 g/mol. The molecule has 2 aliphatic heterocycles. The molecule has 0 saturated carbocycles. The fourth-order valence-corrected chi connectivity index (χ4v) is 10.3. The number of fused-ring (bicyclic) bond motifs is 2. The third kappa shape index (κ3) is 11.6. The van der Waals surface area contributed by atoms with E-state index in [9.17, 15) is 35.8 Å². The minimum Gasteiger partial charge on any atom is -0.481 e. The van der Waals surface area contributed by atoms with Gasteiger partial charge in [0.15, 0.2) is 12.3 Å². The minimum absolute atomic E-state index is 0.0847. The number of carbonyl (C=O) groups is 1. The Labute approximate surface area is 386 Å². The van der Waals surface area contributed by atoms with Gasteiger partial charge in [-0.3, -0.25) is 13.9 Å². The number of hydrogen-bond donors (Lipinski definition) is 4. The van der Waals surface area contributed by atoms with Crippen molar-refractivity contribution in [1.82, 2.24) is 0 Å². The van der Waals surface area contributed by atoms with Crippen molar-refractivity contribution in [3.63, 3.8) is 0 Å². The lowest BCUT2D eigenvalue weighted by Gasteiger charge is -2.29. The highest BCUT2D eigenvalue weighted by molar-refractivity contribution is 7.86. The van der Waals surface area contributed by atoms with Gasteiger partial charge in [0.25, 0.3) is 20.2 Å². The van der Waals surface area contributed by atoms with Crippen molar-refractivity contribution in [3.05, 3.63) is 124 Å². The maximum absolute atomic E-state index is 12.3. The number of benzene rings is 3. The molecule has 3 aliphatic rings. The van der Waals surface area contributed by atoms with Crippen molar-refractivity contribution >= 4 is 49.0 Å². The van der Waals surface area contributed by atoms with Crippen LogP contribution in [0.4, 0.5) is 17.1 Å². The van der Waals surface area contributed by atoms with Gasteiger partial charge >= 0.3 is 5.97 Å². The molecule has 350 valence electrons. The topological polar surface area (TPSA) is 164 Å². The predicted octanol–water partition coefficient (Wildman–Crippen LogP) is 8.09. The third-order valence-electron chi connectivity index (χ3n) is 12.7. The first-order chi connectivity index (χ1) is 30.1. The van der Waals surface area contributed by atoms with Crippen molar-refractivity contribution in [2.45, 2.75) is 86.8 Å². The summed E-state index contributed by atoms with van der Waals surface area (Å²) in [4.78, 5) is 13.5. The Balaban J connectivity index is 1.49. The van der Waals surface area contributed by atoms with E-state index in [2.05, 4.69) is 109 Å².